The van der Waals surface area contributed by atoms with Crippen molar-refractivity contribution in [1.82, 2.24) is 8.87 Å². The van der Waals surface area contributed by atoms with Crippen LogP contribution in [0.4, 0.5) is 10.1 Å². The van der Waals surface area contributed by atoms with Gasteiger partial charge in [-0.3, -0.25) is 4.79 Å². The molecule has 6 nitrogen and oxygen atoms in total. The molecule has 4 rings (SSSR count). The molecule has 0 aliphatic carbocycles. The topological polar surface area (TPSA) is 71.4 Å². The minimum absolute atomic E-state index is 0.0535. The summed E-state index contributed by atoms with van der Waals surface area (Å²) in [6.45, 7) is 0.554. The van der Waals surface area contributed by atoms with Crippen LogP contribution in [-0.2, 0) is 20.6 Å². The predicted molar refractivity (Wildman–Crippen MR) is 118 cm³/mol. The summed E-state index contributed by atoms with van der Waals surface area (Å²) < 4.78 is 42.9. The van der Waals surface area contributed by atoms with Crippen molar-refractivity contribution in [2.24, 2.45) is 5.92 Å². The Kier molecular flexibility index (Phi) is 6.20. The van der Waals surface area contributed by atoms with Gasteiger partial charge in [-0.25, -0.2) is 17.1 Å². The maximum Gasteiger partial charge on any atom is 0.227 e. The lowest BCUT2D eigenvalue weighted by atomic mass is 9.97. The number of carbonyl (C=O) groups is 1. The van der Waals surface area contributed by atoms with Crippen LogP contribution in [0.25, 0.3) is 5.69 Å². The lowest BCUT2D eigenvalue weighted by Crippen LogP contribution is -2.41. The van der Waals surface area contributed by atoms with E-state index in [1.165, 1.54) is 10.4 Å². The Morgan fingerprint density at radius 3 is 2.35 bits per heavy atom. The molecule has 1 amide bonds. The van der Waals surface area contributed by atoms with E-state index >= 15 is 0 Å². The third-order valence-electron chi connectivity index (χ3n) is 5.52. The van der Waals surface area contributed by atoms with Crippen molar-refractivity contribution in [3.63, 3.8) is 0 Å². The minimum atomic E-state index is -3.44. The van der Waals surface area contributed by atoms with Crippen LogP contribution in [0.5, 0.6) is 0 Å². The summed E-state index contributed by atoms with van der Waals surface area (Å²) >= 11 is 0. The molecule has 1 aromatic heterocycles. The van der Waals surface area contributed by atoms with E-state index in [9.17, 15) is 17.6 Å². The van der Waals surface area contributed by atoms with Crippen LogP contribution >= 0.6 is 0 Å². The molecule has 1 fully saturated rings. The largest absolute Gasteiger partial charge is 0.324 e. The van der Waals surface area contributed by atoms with Crippen molar-refractivity contribution in [3.05, 3.63) is 84.4 Å². The zero-order chi connectivity index (χ0) is 21.8. The molecule has 0 atom stereocenters. The maximum absolute atomic E-state index is 14.3. The third-order valence-corrected chi connectivity index (χ3v) is 7.37. The van der Waals surface area contributed by atoms with Gasteiger partial charge in [-0.05, 0) is 48.7 Å². The van der Waals surface area contributed by atoms with E-state index < -0.39 is 15.8 Å². The molecule has 1 aliphatic heterocycles. The number of halogens is 1. The van der Waals surface area contributed by atoms with Crippen molar-refractivity contribution in [1.29, 1.82) is 0 Å². The van der Waals surface area contributed by atoms with Gasteiger partial charge in [-0.1, -0.05) is 30.3 Å². The summed E-state index contributed by atoms with van der Waals surface area (Å²) in [5.74, 6) is -1.21. The van der Waals surface area contributed by atoms with Gasteiger partial charge in [-0.15, -0.1) is 0 Å². The average molecular weight is 442 g/mol. The van der Waals surface area contributed by atoms with E-state index in [1.54, 1.807) is 24.3 Å². The Balaban J connectivity index is 1.37. The number of hydrogen-bond donors (Lipinski definition) is 1. The smallest absolute Gasteiger partial charge is 0.227 e. The molecule has 0 saturated carbocycles. The summed E-state index contributed by atoms with van der Waals surface area (Å²) in [6.07, 6.45) is 4.48. The van der Waals surface area contributed by atoms with Crippen LogP contribution < -0.4 is 5.32 Å². The quantitative estimate of drug-likeness (QED) is 0.633. The Morgan fingerprint density at radius 2 is 1.68 bits per heavy atom. The van der Waals surface area contributed by atoms with Crippen molar-refractivity contribution in [2.75, 3.05) is 18.4 Å². The molecule has 0 radical (unpaired) electrons. The fourth-order valence-electron chi connectivity index (χ4n) is 3.78. The number of sulfonamides is 1. The highest BCUT2D eigenvalue weighted by Gasteiger charge is 2.31. The molecule has 31 heavy (non-hydrogen) atoms. The summed E-state index contributed by atoms with van der Waals surface area (Å²) in [5.41, 5.74) is 1.60. The number of aromatic nitrogens is 1. The van der Waals surface area contributed by atoms with E-state index in [0.29, 0.717) is 12.8 Å². The Bertz CT molecular complexity index is 1140. The molecule has 0 bridgehead atoms. The number of benzene rings is 2. The van der Waals surface area contributed by atoms with Gasteiger partial charge in [0.15, 0.2) is 0 Å². The molecule has 3 aromatic rings. The van der Waals surface area contributed by atoms with Crippen LogP contribution in [0.3, 0.4) is 0 Å². The number of carbonyl (C=O) groups excluding carboxylic acids is 1. The lowest BCUT2D eigenvalue weighted by molar-refractivity contribution is -0.120. The lowest BCUT2D eigenvalue weighted by Gasteiger charge is -2.30. The monoisotopic (exact) mass is 441 g/mol. The van der Waals surface area contributed by atoms with Crippen LogP contribution in [0.1, 0.15) is 18.4 Å². The summed E-state index contributed by atoms with van der Waals surface area (Å²) in [4.78, 5) is 12.7. The van der Waals surface area contributed by atoms with Gasteiger partial charge in [0.25, 0.3) is 0 Å². The van der Waals surface area contributed by atoms with E-state index in [-0.39, 0.29) is 36.4 Å². The Morgan fingerprint density at radius 1 is 1.00 bits per heavy atom. The number of nitrogens with one attached hydrogen (secondary N) is 1. The first-order valence-electron chi connectivity index (χ1n) is 10.2. The molecular formula is C23H24FN3O3S. The molecule has 1 saturated heterocycles. The molecule has 162 valence electrons. The van der Waals surface area contributed by atoms with Gasteiger partial charge in [0.05, 0.1) is 11.4 Å². The van der Waals surface area contributed by atoms with Gasteiger partial charge in [0, 0.05) is 37.1 Å². The highest BCUT2D eigenvalue weighted by Crippen LogP contribution is 2.25. The maximum atomic E-state index is 14.3. The van der Waals surface area contributed by atoms with Gasteiger partial charge in [0.1, 0.15) is 5.82 Å². The number of amides is 1. The van der Waals surface area contributed by atoms with E-state index in [4.69, 9.17) is 0 Å². The van der Waals surface area contributed by atoms with Crippen molar-refractivity contribution < 1.29 is 17.6 Å². The number of anilines is 1. The number of rotatable bonds is 6. The molecule has 2 aromatic carbocycles. The van der Waals surface area contributed by atoms with Crippen LogP contribution in [-0.4, -0.2) is 36.3 Å². The molecule has 0 spiro atoms. The minimum Gasteiger partial charge on any atom is -0.324 e. The zero-order valence-corrected chi connectivity index (χ0v) is 17.8. The molecule has 0 unspecified atom stereocenters. The second-order valence-corrected chi connectivity index (χ2v) is 9.63. The Labute approximate surface area is 181 Å². The van der Waals surface area contributed by atoms with Crippen LogP contribution in [0.15, 0.2) is 73.1 Å². The van der Waals surface area contributed by atoms with Gasteiger partial charge < -0.3 is 9.88 Å². The van der Waals surface area contributed by atoms with Gasteiger partial charge in [-0.2, -0.15) is 0 Å². The first-order valence-corrected chi connectivity index (χ1v) is 11.8. The zero-order valence-electron chi connectivity index (χ0n) is 16.9. The van der Waals surface area contributed by atoms with E-state index in [2.05, 4.69) is 5.32 Å². The number of nitrogens with zero attached hydrogens (tertiary/aromatic N) is 2. The van der Waals surface area contributed by atoms with E-state index in [0.717, 1.165) is 11.3 Å². The van der Waals surface area contributed by atoms with Crippen LogP contribution in [0.2, 0.25) is 0 Å². The second-order valence-electron chi connectivity index (χ2n) is 7.66. The normalized spacial score (nSPS) is 15.6. The molecule has 1 N–H and O–H groups in total. The molecular weight excluding hydrogens is 417 g/mol. The molecule has 8 heteroatoms. The second kappa shape index (κ2) is 9.03. The highest BCUT2D eigenvalue weighted by molar-refractivity contribution is 7.88. The summed E-state index contributed by atoms with van der Waals surface area (Å²) in [7, 11) is -3.44. The SMILES string of the molecule is O=C(Nc1cc(-n2cccc2)ccc1F)C1CCN(S(=O)(=O)Cc2ccccc2)CC1. The molecule has 1 aliphatic rings. The summed E-state index contributed by atoms with van der Waals surface area (Å²) in [5, 5.41) is 2.68. The standard InChI is InChI=1S/C23H24FN3O3S/c24-21-9-8-20(26-12-4-5-13-26)16-22(21)25-23(28)19-10-14-27(15-11-19)31(29,30)17-18-6-2-1-3-7-18/h1-9,12-13,16,19H,10-11,14-15,17H2,(H,25,28). The fourth-order valence-corrected chi connectivity index (χ4v) is 5.35. The highest BCUT2D eigenvalue weighted by atomic mass is 32.2. The Hall–Kier alpha value is -2.97. The summed E-state index contributed by atoms with van der Waals surface area (Å²) in [6, 6.07) is 17.3. The van der Waals surface area contributed by atoms with Crippen molar-refractivity contribution >= 4 is 21.6 Å². The average Bonchev–Trinajstić information content (AvgIpc) is 3.31. The van der Waals surface area contributed by atoms with E-state index in [1.807, 2.05) is 47.3 Å². The first-order chi connectivity index (χ1) is 14.9. The van der Waals surface area contributed by atoms with Gasteiger partial charge >= 0.3 is 0 Å². The van der Waals surface area contributed by atoms with Gasteiger partial charge in [0.2, 0.25) is 15.9 Å². The molecule has 2 heterocycles. The van der Waals surface area contributed by atoms with Crippen molar-refractivity contribution in [2.45, 2.75) is 18.6 Å². The fraction of sp³-hybridized carbons (Fsp3) is 0.261. The number of piperidine rings is 1. The predicted octanol–water partition coefficient (Wildman–Crippen LogP) is 3.80. The number of hydrogen-bond acceptors (Lipinski definition) is 3. The first kappa shape index (κ1) is 21.3. The third kappa shape index (κ3) is 5.03. The van der Waals surface area contributed by atoms with Crippen LogP contribution in [0, 0.1) is 11.7 Å². The van der Waals surface area contributed by atoms with Crippen molar-refractivity contribution in [3.8, 4) is 5.69 Å².